The van der Waals surface area contributed by atoms with Gasteiger partial charge in [-0.05, 0) is 25.5 Å². The Morgan fingerprint density at radius 2 is 1.97 bits per heavy atom. The Balaban J connectivity index is 2.35. The van der Waals surface area contributed by atoms with Crippen LogP contribution in [0.1, 0.15) is 25.3 Å². The normalized spacial score (nSPS) is 11.0. The Labute approximate surface area is 183 Å². The average molecular weight is 451 g/mol. The van der Waals surface area contributed by atoms with Crippen molar-refractivity contribution < 1.29 is 24.7 Å². The van der Waals surface area contributed by atoms with E-state index < -0.39 is 10.9 Å². The number of carboxylic acid groups (broad SMARTS) is 1. The number of nitro groups is 1. The molecule has 0 saturated carbocycles. The first-order chi connectivity index (χ1) is 14.8. The molecule has 0 aliphatic carbocycles. The lowest BCUT2D eigenvalue weighted by molar-refractivity contribution is -0.384. The molecule has 0 unspecified atom stereocenters. The summed E-state index contributed by atoms with van der Waals surface area (Å²) in [5.41, 5.74) is 1.61. The number of nitro benzene ring substituents is 1. The first-order valence-electron chi connectivity index (χ1n) is 9.44. The number of rotatable bonds is 11. The fourth-order valence-corrected chi connectivity index (χ4v) is 3.11. The molecule has 166 valence electrons. The molecule has 0 aromatic heterocycles. The quantitative estimate of drug-likeness (QED) is 0.283. The van der Waals surface area contributed by atoms with Gasteiger partial charge in [-0.3, -0.25) is 14.9 Å². The number of methoxy groups -OCH3 is 1. The molecular weight excluding hydrogens is 428 g/mol. The number of hydrogen-bond acceptors (Lipinski definition) is 8. The maximum atomic E-state index is 10.8. The van der Waals surface area contributed by atoms with Crippen LogP contribution in [-0.2, 0) is 11.4 Å². The lowest BCUT2D eigenvalue weighted by Gasteiger charge is -2.26. The Bertz CT molecular complexity index is 982. The van der Waals surface area contributed by atoms with Gasteiger partial charge in [-0.15, -0.1) is 10.2 Å². The molecule has 2 rings (SSSR count). The third-order valence-corrected chi connectivity index (χ3v) is 4.80. The summed E-state index contributed by atoms with van der Waals surface area (Å²) in [7, 11) is 1.50. The number of halogens is 1. The molecule has 0 amide bonds. The second-order valence-electron chi connectivity index (χ2n) is 6.48. The van der Waals surface area contributed by atoms with E-state index in [2.05, 4.69) is 10.2 Å². The van der Waals surface area contributed by atoms with Crippen LogP contribution in [0.2, 0.25) is 5.02 Å². The fourth-order valence-electron chi connectivity index (χ4n) is 2.90. The maximum absolute atomic E-state index is 10.8. The lowest BCUT2D eigenvalue weighted by atomic mass is 10.1. The highest BCUT2D eigenvalue weighted by Gasteiger charge is 2.16. The minimum absolute atomic E-state index is 0.0496. The van der Waals surface area contributed by atoms with Crippen LogP contribution in [0, 0.1) is 10.1 Å². The molecule has 2 N–H and O–H groups in total. The van der Waals surface area contributed by atoms with Crippen molar-refractivity contribution in [2.75, 3.05) is 25.1 Å². The molecule has 0 atom stereocenters. The van der Waals surface area contributed by atoms with Crippen LogP contribution in [0.3, 0.4) is 0 Å². The molecule has 0 heterocycles. The highest BCUT2D eigenvalue weighted by Crippen LogP contribution is 2.37. The predicted octanol–water partition coefficient (Wildman–Crippen LogP) is 4.86. The number of non-ortho nitro benzene ring substituents is 1. The predicted molar refractivity (Wildman–Crippen MR) is 116 cm³/mol. The standard InChI is InChI=1S/C20H23ClN4O6/c1-3-24(8-4-5-20(27)28)18-9-13(12-26)17(11-19(18)31-2)23-22-16-7-6-14(25(29)30)10-15(16)21/h6-7,9-11,26H,3-5,8,12H2,1-2H3,(H,27,28). The highest BCUT2D eigenvalue weighted by atomic mass is 35.5. The number of aliphatic hydroxyl groups is 1. The Morgan fingerprint density at radius 3 is 2.52 bits per heavy atom. The van der Waals surface area contributed by atoms with Crippen molar-refractivity contribution in [3.8, 4) is 5.75 Å². The number of aliphatic carboxylic acids is 1. The zero-order chi connectivity index (χ0) is 23.0. The Kier molecular flexibility index (Phi) is 8.71. The molecule has 2 aromatic rings. The van der Waals surface area contributed by atoms with Crippen molar-refractivity contribution in [2.45, 2.75) is 26.4 Å². The van der Waals surface area contributed by atoms with E-state index in [0.29, 0.717) is 42.2 Å². The van der Waals surface area contributed by atoms with Crippen molar-refractivity contribution in [1.29, 1.82) is 0 Å². The topological polar surface area (TPSA) is 138 Å². The number of ether oxygens (including phenoxy) is 1. The molecular formula is C20H23ClN4O6. The van der Waals surface area contributed by atoms with Crippen molar-refractivity contribution in [3.05, 3.63) is 51.0 Å². The number of anilines is 1. The summed E-state index contributed by atoms with van der Waals surface area (Å²) in [5.74, 6) is -0.377. The van der Waals surface area contributed by atoms with E-state index >= 15 is 0 Å². The number of hydrogen-bond donors (Lipinski definition) is 2. The Hall–Kier alpha value is -3.24. The van der Waals surface area contributed by atoms with Crippen LogP contribution >= 0.6 is 11.6 Å². The van der Waals surface area contributed by atoms with E-state index in [9.17, 15) is 20.0 Å². The van der Waals surface area contributed by atoms with Gasteiger partial charge >= 0.3 is 5.97 Å². The molecule has 0 aliphatic heterocycles. The third kappa shape index (κ3) is 6.37. The molecule has 11 heteroatoms. The monoisotopic (exact) mass is 450 g/mol. The van der Waals surface area contributed by atoms with E-state index in [-0.39, 0.29) is 29.4 Å². The van der Waals surface area contributed by atoms with Crippen LogP contribution in [0.4, 0.5) is 22.7 Å². The third-order valence-electron chi connectivity index (χ3n) is 4.50. The molecule has 0 bridgehead atoms. The SMILES string of the molecule is CCN(CCCC(=O)O)c1cc(CO)c(N=Nc2ccc([N+](=O)[O-])cc2Cl)cc1OC. The number of carboxylic acids is 1. The van der Waals surface area contributed by atoms with Gasteiger partial charge in [0.2, 0.25) is 0 Å². The lowest BCUT2D eigenvalue weighted by Crippen LogP contribution is -2.25. The second-order valence-corrected chi connectivity index (χ2v) is 6.89. The van der Waals surface area contributed by atoms with Crippen molar-refractivity contribution in [1.82, 2.24) is 0 Å². The summed E-state index contributed by atoms with van der Waals surface area (Å²) < 4.78 is 5.47. The number of carbonyl (C=O) groups is 1. The zero-order valence-corrected chi connectivity index (χ0v) is 17.9. The van der Waals surface area contributed by atoms with Gasteiger partial charge in [0.15, 0.2) is 0 Å². The summed E-state index contributed by atoms with van der Waals surface area (Å²) >= 11 is 6.05. The number of benzene rings is 2. The van der Waals surface area contributed by atoms with Crippen LogP contribution < -0.4 is 9.64 Å². The van der Waals surface area contributed by atoms with E-state index in [1.54, 1.807) is 12.1 Å². The average Bonchev–Trinajstić information content (AvgIpc) is 2.75. The van der Waals surface area contributed by atoms with Crippen LogP contribution in [-0.4, -0.2) is 41.3 Å². The van der Waals surface area contributed by atoms with Gasteiger partial charge in [-0.2, -0.15) is 0 Å². The van der Waals surface area contributed by atoms with E-state index in [1.165, 1.54) is 25.3 Å². The van der Waals surface area contributed by atoms with E-state index in [1.807, 2.05) is 11.8 Å². The van der Waals surface area contributed by atoms with Crippen LogP contribution in [0.15, 0.2) is 40.6 Å². The van der Waals surface area contributed by atoms with E-state index in [0.717, 1.165) is 0 Å². The van der Waals surface area contributed by atoms with Gasteiger partial charge in [0.05, 0.1) is 35.0 Å². The minimum atomic E-state index is -0.861. The Morgan fingerprint density at radius 1 is 1.26 bits per heavy atom. The van der Waals surface area contributed by atoms with Gasteiger partial charge in [0.25, 0.3) is 5.69 Å². The molecule has 10 nitrogen and oxygen atoms in total. The number of aliphatic hydroxyl groups excluding tert-OH is 1. The molecule has 0 saturated heterocycles. The molecule has 0 aliphatic rings. The fraction of sp³-hybridized carbons (Fsp3) is 0.350. The summed E-state index contributed by atoms with van der Waals surface area (Å²) in [6.07, 6.45) is 0.509. The van der Waals surface area contributed by atoms with Crippen molar-refractivity contribution in [2.24, 2.45) is 10.2 Å². The van der Waals surface area contributed by atoms with Crippen molar-refractivity contribution in [3.63, 3.8) is 0 Å². The van der Waals surface area contributed by atoms with Gasteiger partial charge in [0, 0.05) is 43.3 Å². The van der Waals surface area contributed by atoms with Gasteiger partial charge < -0.3 is 19.8 Å². The molecule has 0 radical (unpaired) electrons. The van der Waals surface area contributed by atoms with Crippen molar-refractivity contribution >= 4 is 40.3 Å². The molecule has 2 aromatic carbocycles. The van der Waals surface area contributed by atoms with Gasteiger partial charge in [-0.25, -0.2) is 0 Å². The maximum Gasteiger partial charge on any atom is 0.303 e. The largest absolute Gasteiger partial charge is 0.495 e. The summed E-state index contributed by atoms with van der Waals surface area (Å²) in [6, 6.07) is 7.17. The highest BCUT2D eigenvalue weighted by molar-refractivity contribution is 6.33. The number of nitrogens with zero attached hydrogens (tertiary/aromatic N) is 4. The van der Waals surface area contributed by atoms with Crippen LogP contribution in [0.5, 0.6) is 5.75 Å². The summed E-state index contributed by atoms with van der Waals surface area (Å²) in [5, 5.41) is 37.8. The molecule has 31 heavy (non-hydrogen) atoms. The summed E-state index contributed by atoms with van der Waals surface area (Å²) in [6.45, 7) is 2.73. The molecule has 0 fully saturated rings. The number of azo groups is 1. The second kappa shape index (κ2) is 11.2. The first-order valence-corrected chi connectivity index (χ1v) is 9.82. The van der Waals surface area contributed by atoms with E-state index in [4.69, 9.17) is 21.4 Å². The summed E-state index contributed by atoms with van der Waals surface area (Å²) in [4.78, 5) is 23.0. The van der Waals surface area contributed by atoms with Gasteiger partial charge in [0.1, 0.15) is 11.4 Å². The smallest absolute Gasteiger partial charge is 0.303 e. The van der Waals surface area contributed by atoms with Crippen LogP contribution in [0.25, 0.3) is 0 Å². The molecule has 0 spiro atoms. The first kappa shape index (κ1) is 24.0. The zero-order valence-electron chi connectivity index (χ0n) is 17.1. The van der Waals surface area contributed by atoms with Gasteiger partial charge in [-0.1, -0.05) is 11.6 Å². The minimum Gasteiger partial charge on any atom is -0.495 e.